The molecule has 0 bridgehead atoms. The standard InChI is InChI=1S/C17H16Cl2N4/c18-12-3-5-23-17(8-12)14(10-21-23)16-7-13(19)6-15(22-16)11-2-1-4-20-9-11/h3,5-8,10-11,20H,1-2,4,9H2. The number of fused-ring (bicyclic) bond motifs is 1. The smallest absolute Gasteiger partial charge is 0.0770 e. The Morgan fingerprint density at radius 1 is 1.17 bits per heavy atom. The summed E-state index contributed by atoms with van der Waals surface area (Å²) < 4.78 is 1.80. The summed E-state index contributed by atoms with van der Waals surface area (Å²) in [6, 6.07) is 7.57. The van der Waals surface area contributed by atoms with Crippen LogP contribution in [-0.2, 0) is 0 Å². The van der Waals surface area contributed by atoms with Gasteiger partial charge in [-0.15, -0.1) is 0 Å². The highest BCUT2D eigenvalue weighted by Gasteiger charge is 2.19. The highest BCUT2D eigenvalue weighted by atomic mass is 35.5. The van der Waals surface area contributed by atoms with Gasteiger partial charge in [0.2, 0.25) is 0 Å². The number of piperidine rings is 1. The Labute approximate surface area is 144 Å². The van der Waals surface area contributed by atoms with Gasteiger partial charge in [-0.25, -0.2) is 4.52 Å². The quantitative estimate of drug-likeness (QED) is 0.757. The summed E-state index contributed by atoms with van der Waals surface area (Å²) in [6.07, 6.45) is 5.96. The van der Waals surface area contributed by atoms with Crippen molar-refractivity contribution in [2.75, 3.05) is 13.1 Å². The topological polar surface area (TPSA) is 42.2 Å². The minimum Gasteiger partial charge on any atom is -0.316 e. The molecule has 4 nitrogen and oxygen atoms in total. The Hall–Kier alpha value is -1.62. The molecule has 3 aromatic heterocycles. The Morgan fingerprint density at radius 2 is 2.09 bits per heavy atom. The molecule has 1 atom stereocenters. The minimum absolute atomic E-state index is 0.409. The van der Waals surface area contributed by atoms with Crippen LogP contribution in [0.15, 0.2) is 36.7 Å². The van der Waals surface area contributed by atoms with Gasteiger partial charge in [-0.1, -0.05) is 23.2 Å². The van der Waals surface area contributed by atoms with E-state index >= 15 is 0 Å². The Kier molecular flexibility index (Phi) is 3.97. The predicted molar refractivity (Wildman–Crippen MR) is 93.3 cm³/mol. The van der Waals surface area contributed by atoms with Crippen molar-refractivity contribution in [2.24, 2.45) is 0 Å². The van der Waals surface area contributed by atoms with Gasteiger partial charge in [-0.05, 0) is 43.7 Å². The minimum atomic E-state index is 0.409. The van der Waals surface area contributed by atoms with Crippen LogP contribution in [0, 0.1) is 0 Å². The normalized spacial score (nSPS) is 18.4. The van der Waals surface area contributed by atoms with Crippen molar-refractivity contribution in [1.82, 2.24) is 19.9 Å². The molecule has 1 N–H and O–H groups in total. The number of nitrogens with one attached hydrogen (secondary N) is 1. The Balaban J connectivity index is 1.81. The number of nitrogens with zero attached hydrogens (tertiary/aromatic N) is 3. The lowest BCUT2D eigenvalue weighted by Gasteiger charge is -2.22. The number of hydrogen-bond acceptors (Lipinski definition) is 3. The lowest BCUT2D eigenvalue weighted by atomic mass is 9.95. The molecule has 0 aliphatic carbocycles. The van der Waals surface area contributed by atoms with Gasteiger partial charge in [0.05, 0.1) is 17.4 Å². The first-order valence-electron chi connectivity index (χ1n) is 7.72. The van der Waals surface area contributed by atoms with Crippen molar-refractivity contribution in [3.63, 3.8) is 0 Å². The molecule has 4 heterocycles. The number of aromatic nitrogens is 3. The van der Waals surface area contributed by atoms with Gasteiger partial charge in [0.15, 0.2) is 0 Å². The summed E-state index contributed by atoms with van der Waals surface area (Å²) in [4.78, 5) is 4.86. The fourth-order valence-corrected chi connectivity index (χ4v) is 3.50. The molecule has 0 amide bonds. The predicted octanol–water partition coefficient (Wildman–Crippen LogP) is 4.17. The summed E-state index contributed by atoms with van der Waals surface area (Å²) in [5.41, 5.74) is 3.76. The molecule has 6 heteroatoms. The average Bonchev–Trinajstić information content (AvgIpc) is 2.98. The van der Waals surface area contributed by atoms with Crippen LogP contribution in [0.3, 0.4) is 0 Å². The van der Waals surface area contributed by atoms with Gasteiger partial charge in [0, 0.05) is 40.0 Å². The molecular formula is C17H16Cl2N4. The molecule has 1 unspecified atom stereocenters. The van der Waals surface area contributed by atoms with Gasteiger partial charge in [0.1, 0.15) is 0 Å². The zero-order valence-corrected chi connectivity index (χ0v) is 14.0. The number of pyridine rings is 2. The van der Waals surface area contributed by atoms with E-state index in [1.54, 1.807) is 4.52 Å². The molecule has 0 saturated carbocycles. The summed E-state index contributed by atoms with van der Waals surface area (Å²) in [5.74, 6) is 0.409. The van der Waals surface area contributed by atoms with E-state index in [0.717, 1.165) is 42.0 Å². The lowest BCUT2D eigenvalue weighted by Crippen LogP contribution is -2.28. The third-order valence-corrected chi connectivity index (χ3v) is 4.74. The van der Waals surface area contributed by atoms with Crippen molar-refractivity contribution < 1.29 is 0 Å². The Morgan fingerprint density at radius 3 is 2.91 bits per heavy atom. The monoisotopic (exact) mass is 346 g/mol. The molecule has 0 aromatic carbocycles. The summed E-state index contributed by atoms with van der Waals surface area (Å²) in [7, 11) is 0. The van der Waals surface area contributed by atoms with Crippen LogP contribution in [0.2, 0.25) is 10.0 Å². The van der Waals surface area contributed by atoms with Gasteiger partial charge in [0.25, 0.3) is 0 Å². The van der Waals surface area contributed by atoms with E-state index in [1.165, 1.54) is 6.42 Å². The first-order chi connectivity index (χ1) is 11.2. The van der Waals surface area contributed by atoms with Gasteiger partial charge < -0.3 is 5.32 Å². The van der Waals surface area contributed by atoms with Gasteiger partial charge >= 0.3 is 0 Å². The first-order valence-corrected chi connectivity index (χ1v) is 8.48. The molecule has 0 spiro atoms. The van der Waals surface area contributed by atoms with E-state index in [2.05, 4.69) is 10.4 Å². The van der Waals surface area contributed by atoms with Gasteiger partial charge in [-0.3, -0.25) is 4.98 Å². The zero-order valence-electron chi connectivity index (χ0n) is 12.5. The molecule has 0 radical (unpaired) electrons. The molecule has 4 rings (SSSR count). The molecule has 118 valence electrons. The fourth-order valence-electron chi connectivity index (χ4n) is 3.12. The molecule has 1 fully saturated rings. The maximum Gasteiger partial charge on any atom is 0.0770 e. The largest absolute Gasteiger partial charge is 0.316 e. The number of rotatable bonds is 2. The Bertz CT molecular complexity index is 853. The maximum absolute atomic E-state index is 6.35. The average molecular weight is 347 g/mol. The van der Waals surface area contributed by atoms with Crippen LogP contribution in [0.5, 0.6) is 0 Å². The van der Waals surface area contributed by atoms with Crippen molar-refractivity contribution >= 4 is 28.7 Å². The van der Waals surface area contributed by atoms with Crippen LogP contribution >= 0.6 is 23.2 Å². The molecule has 1 saturated heterocycles. The summed E-state index contributed by atoms with van der Waals surface area (Å²) in [5, 5.41) is 9.18. The van der Waals surface area contributed by atoms with Crippen molar-refractivity contribution in [2.45, 2.75) is 18.8 Å². The van der Waals surface area contributed by atoms with Crippen LogP contribution in [0.25, 0.3) is 16.8 Å². The molecule has 23 heavy (non-hydrogen) atoms. The van der Waals surface area contributed by atoms with E-state index < -0.39 is 0 Å². The number of hydrogen-bond donors (Lipinski definition) is 1. The fraction of sp³-hybridized carbons (Fsp3) is 0.294. The SMILES string of the molecule is Clc1cc(-c2cnn3ccc(Cl)cc23)nc(C2CCCNC2)c1. The molecular weight excluding hydrogens is 331 g/mol. The van der Waals surface area contributed by atoms with Crippen molar-refractivity contribution in [3.05, 3.63) is 52.4 Å². The molecule has 1 aliphatic rings. The summed E-state index contributed by atoms with van der Waals surface area (Å²) in [6.45, 7) is 2.03. The molecule has 1 aliphatic heterocycles. The maximum atomic E-state index is 6.35. The van der Waals surface area contributed by atoms with Gasteiger partial charge in [-0.2, -0.15) is 5.10 Å². The van der Waals surface area contributed by atoms with E-state index in [1.807, 2.05) is 36.7 Å². The summed E-state index contributed by atoms with van der Waals surface area (Å²) >= 11 is 12.5. The first kappa shape index (κ1) is 14.9. The molecule has 3 aromatic rings. The lowest BCUT2D eigenvalue weighted by molar-refractivity contribution is 0.455. The third kappa shape index (κ3) is 2.94. The highest BCUT2D eigenvalue weighted by molar-refractivity contribution is 6.31. The number of halogens is 2. The van der Waals surface area contributed by atoms with Crippen LogP contribution in [-0.4, -0.2) is 27.7 Å². The van der Waals surface area contributed by atoms with Crippen molar-refractivity contribution in [1.29, 1.82) is 0 Å². The second kappa shape index (κ2) is 6.11. The van der Waals surface area contributed by atoms with E-state index in [0.29, 0.717) is 16.0 Å². The third-order valence-electron chi connectivity index (χ3n) is 4.28. The van der Waals surface area contributed by atoms with E-state index in [9.17, 15) is 0 Å². The van der Waals surface area contributed by atoms with Crippen LogP contribution in [0.1, 0.15) is 24.5 Å². The van der Waals surface area contributed by atoms with Crippen molar-refractivity contribution in [3.8, 4) is 11.3 Å². The zero-order chi connectivity index (χ0) is 15.8. The van der Waals surface area contributed by atoms with E-state index in [4.69, 9.17) is 28.2 Å². The van der Waals surface area contributed by atoms with Crippen LogP contribution < -0.4 is 5.32 Å². The second-order valence-corrected chi connectivity index (χ2v) is 6.74. The second-order valence-electron chi connectivity index (χ2n) is 5.87. The van der Waals surface area contributed by atoms with Crippen LogP contribution in [0.4, 0.5) is 0 Å². The van der Waals surface area contributed by atoms with E-state index in [-0.39, 0.29) is 0 Å². The highest BCUT2D eigenvalue weighted by Crippen LogP contribution is 2.30.